The van der Waals surface area contributed by atoms with Gasteiger partial charge in [-0.3, -0.25) is 0 Å². The molecule has 2 N–H and O–H groups in total. The maximum atomic E-state index is 6.18. The van der Waals surface area contributed by atoms with Gasteiger partial charge in [0.15, 0.2) is 0 Å². The van der Waals surface area contributed by atoms with Crippen molar-refractivity contribution in [1.29, 1.82) is 0 Å². The number of ether oxygens (including phenoxy) is 1. The van der Waals surface area contributed by atoms with Crippen LogP contribution in [-0.4, -0.2) is 13.2 Å². The minimum Gasteiger partial charge on any atom is -0.497 e. The van der Waals surface area contributed by atoms with E-state index in [0.717, 1.165) is 35.2 Å². The molecule has 4 heteroatoms. The predicted molar refractivity (Wildman–Crippen MR) is 79.4 cm³/mol. The van der Waals surface area contributed by atoms with Crippen molar-refractivity contribution in [2.75, 3.05) is 7.11 Å². The number of benzene rings is 1. The van der Waals surface area contributed by atoms with Crippen LogP contribution in [-0.2, 0) is 12.8 Å². The molecule has 0 aliphatic heterocycles. The van der Waals surface area contributed by atoms with Crippen LogP contribution in [0, 0.1) is 0 Å². The zero-order valence-corrected chi connectivity index (χ0v) is 12.5. The van der Waals surface area contributed by atoms with Gasteiger partial charge in [0.25, 0.3) is 0 Å². The maximum absolute atomic E-state index is 6.18. The van der Waals surface area contributed by atoms with Gasteiger partial charge in [0.1, 0.15) is 11.5 Å². The summed E-state index contributed by atoms with van der Waals surface area (Å²) in [5, 5.41) is 0. The molecule has 0 saturated carbocycles. The molecular weight excluding hydrogens is 306 g/mol. The fraction of sp³-hybridized carbons (Fsp3) is 0.333. The Balaban J connectivity index is 1.92. The van der Waals surface area contributed by atoms with Crippen molar-refractivity contribution in [3.8, 4) is 5.75 Å². The Kier molecular flexibility index (Phi) is 5.05. The molecule has 2 aromatic rings. The van der Waals surface area contributed by atoms with E-state index in [2.05, 4.69) is 15.9 Å². The fourth-order valence-electron chi connectivity index (χ4n) is 2.00. The molecule has 0 aliphatic rings. The summed E-state index contributed by atoms with van der Waals surface area (Å²) < 4.78 is 11.6. The first-order valence-electron chi connectivity index (χ1n) is 6.29. The smallest absolute Gasteiger partial charge is 0.119 e. The molecule has 2 rings (SSSR count). The number of methoxy groups -OCH3 is 1. The standard InChI is InChI=1S/C15H18BrNO2/c1-18-14-6-7-15(16)11(10-14)9-12(17)4-5-13-3-2-8-19-13/h2-3,6-8,10,12H,4-5,9,17H2,1H3. The van der Waals surface area contributed by atoms with Crippen LogP contribution in [0.4, 0.5) is 0 Å². The highest BCUT2D eigenvalue weighted by molar-refractivity contribution is 9.10. The number of hydrogen-bond acceptors (Lipinski definition) is 3. The molecule has 19 heavy (non-hydrogen) atoms. The molecule has 1 aromatic heterocycles. The minimum absolute atomic E-state index is 0.105. The van der Waals surface area contributed by atoms with E-state index >= 15 is 0 Å². The third kappa shape index (κ3) is 4.11. The fourth-order valence-corrected chi connectivity index (χ4v) is 2.41. The van der Waals surface area contributed by atoms with Crippen LogP contribution >= 0.6 is 15.9 Å². The first kappa shape index (κ1) is 14.2. The van der Waals surface area contributed by atoms with E-state index in [-0.39, 0.29) is 6.04 Å². The van der Waals surface area contributed by atoms with Crippen LogP contribution in [0.15, 0.2) is 45.5 Å². The Hall–Kier alpha value is -1.26. The van der Waals surface area contributed by atoms with Gasteiger partial charge in [-0.15, -0.1) is 0 Å². The number of nitrogens with two attached hydrogens (primary N) is 1. The quantitative estimate of drug-likeness (QED) is 0.884. The van der Waals surface area contributed by atoms with Crippen LogP contribution in [0.3, 0.4) is 0 Å². The Morgan fingerprint density at radius 2 is 2.21 bits per heavy atom. The number of furan rings is 1. The first-order chi connectivity index (χ1) is 9.19. The number of halogens is 1. The normalized spacial score (nSPS) is 12.4. The van der Waals surface area contributed by atoms with E-state index in [1.54, 1.807) is 13.4 Å². The molecule has 3 nitrogen and oxygen atoms in total. The van der Waals surface area contributed by atoms with E-state index in [1.807, 2.05) is 30.3 Å². The second-order valence-electron chi connectivity index (χ2n) is 4.54. The molecule has 0 aliphatic carbocycles. The lowest BCUT2D eigenvalue weighted by atomic mass is 10.0. The number of rotatable bonds is 6. The summed E-state index contributed by atoms with van der Waals surface area (Å²) in [6, 6.07) is 9.94. The predicted octanol–water partition coefficient (Wildman–Crippen LogP) is 3.55. The summed E-state index contributed by atoms with van der Waals surface area (Å²) >= 11 is 3.55. The third-order valence-electron chi connectivity index (χ3n) is 3.08. The van der Waals surface area contributed by atoms with Crippen molar-refractivity contribution in [3.05, 3.63) is 52.4 Å². The summed E-state index contributed by atoms with van der Waals surface area (Å²) in [6.07, 6.45) is 4.28. The highest BCUT2D eigenvalue weighted by Crippen LogP contribution is 2.24. The SMILES string of the molecule is COc1ccc(Br)c(CC(N)CCc2ccco2)c1. The monoisotopic (exact) mass is 323 g/mol. The van der Waals surface area contributed by atoms with E-state index in [0.29, 0.717) is 0 Å². The molecule has 1 aromatic carbocycles. The van der Waals surface area contributed by atoms with Gasteiger partial charge in [0.05, 0.1) is 13.4 Å². The van der Waals surface area contributed by atoms with Gasteiger partial charge in [0.2, 0.25) is 0 Å². The largest absolute Gasteiger partial charge is 0.497 e. The van der Waals surface area contributed by atoms with Crippen LogP contribution in [0.1, 0.15) is 17.7 Å². The van der Waals surface area contributed by atoms with Crippen LogP contribution in [0.5, 0.6) is 5.75 Å². The average molecular weight is 324 g/mol. The molecular formula is C15H18BrNO2. The Morgan fingerprint density at radius 1 is 1.37 bits per heavy atom. The Morgan fingerprint density at radius 3 is 2.89 bits per heavy atom. The topological polar surface area (TPSA) is 48.4 Å². The molecule has 1 unspecified atom stereocenters. The van der Waals surface area contributed by atoms with Gasteiger partial charge in [-0.2, -0.15) is 0 Å². The zero-order valence-electron chi connectivity index (χ0n) is 10.9. The van der Waals surface area contributed by atoms with Crippen molar-refractivity contribution in [1.82, 2.24) is 0 Å². The van der Waals surface area contributed by atoms with Crippen molar-refractivity contribution < 1.29 is 9.15 Å². The maximum Gasteiger partial charge on any atom is 0.119 e. The Bertz CT molecular complexity index is 511. The van der Waals surface area contributed by atoms with Crippen LogP contribution < -0.4 is 10.5 Å². The molecule has 0 spiro atoms. The summed E-state index contributed by atoms with van der Waals surface area (Å²) in [7, 11) is 1.67. The van der Waals surface area contributed by atoms with Crippen molar-refractivity contribution in [3.63, 3.8) is 0 Å². The lowest BCUT2D eigenvalue weighted by molar-refractivity contribution is 0.413. The number of aryl methyl sites for hydroxylation is 1. The summed E-state index contributed by atoms with van der Waals surface area (Å²) in [5.74, 6) is 1.84. The summed E-state index contributed by atoms with van der Waals surface area (Å²) in [5.41, 5.74) is 7.35. The Labute approximate surface area is 121 Å². The van der Waals surface area contributed by atoms with E-state index in [4.69, 9.17) is 14.9 Å². The molecule has 1 atom stereocenters. The van der Waals surface area contributed by atoms with Crippen molar-refractivity contribution in [2.45, 2.75) is 25.3 Å². The van der Waals surface area contributed by atoms with E-state index in [1.165, 1.54) is 5.56 Å². The van der Waals surface area contributed by atoms with Gasteiger partial charge in [0, 0.05) is 16.9 Å². The van der Waals surface area contributed by atoms with Gasteiger partial charge in [-0.25, -0.2) is 0 Å². The molecule has 0 amide bonds. The van der Waals surface area contributed by atoms with Crippen molar-refractivity contribution in [2.24, 2.45) is 5.73 Å². The molecule has 1 heterocycles. The minimum atomic E-state index is 0.105. The van der Waals surface area contributed by atoms with E-state index < -0.39 is 0 Å². The van der Waals surface area contributed by atoms with Gasteiger partial charge in [-0.05, 0) is 48.7 Å². The summed E-state index contributed by atoms with van der Waals surface area (Å²) in [4.78, 5) is 0. The lowest BCUT2D eigenvalue weighted by Gasteiger charge is -2.13. The summed E-state index contributed by atoms with van der Waals surface area (Å²) in [6.45, 7) is 0. The average Bonchev–Trinajstić information content (AvgIpc) is 2.92. The molecule has 0 fully saturated rings. The van der Waals surface area contributed by atoms with Crippen molar-refractivity contribution >= 4 is 15.9 Å². The second-order valence-corrected chi connectivity index (χ2v) is 5.39. The van der Waals surface area contributed by atoms with Crippen LogP contribution in [0.25, 0.3) is 0 Å². The zero-order chi connectivity index (χ0) is 13.7. The van der Waals surface area contributed by atoms with Crippen LogP contribution in [0.2, 0.25) is 0 Å². The third-order valence-corrected chi connectivity index (χ3v) is 3.85. The van der Waals surface area contributed by atoms with Gasteiger partial charge in [-0.1, -0.05) is 15.9 Å². The van der Waals surface area contributed by atoms with Gasteiger partial charge < -0.3 is 14.9 Å². The molecule has 0 bridgehead atoms. The van der Waals surface area contributed by atoms with Gasteiger partial charge >= 0.3 is 0 Å². The molecule has 102 valence electrons. The van der Waals surface area contributed by atoms with E-state index in [9.17, 15) is 0 Å². The highest BCUT2D eigenvalue weighted by atomic mass is 79.9. The number of hydrogen-bond donors (Lipinski definition) is 1. The molecule has 0 radical (unpaired) electrons. The second kappa shape index (κ2) is 6.78. The molecule has 0 saturated heterocycles. The first-order valence-corrected chi connectivity index (χ1v) is 7.08. The highest BCUT2D eigenvalue weighted by Gasteiger charge is 2.09. The lowest BCUT2D eigenvalue weighted by Crippen LogP contribution is -2.23.